The van der Waals surface area contributed by atoms with Crippen LogP contribution in [0.1, 0.15) is 22.8 Å². The zero-order valence-corrected chi connectivity index (χ0v) is 14.9. The van der Waals surface area contributed by atoms with Gasteiger partial charge in [0.25, 0.3) is 15.9 Å². The number of ether oxygens (including phenoxy) is 1. The van der Waals surface area contributed by atoms with Crippen LogP contribution < -0.4 is 10.0 Å². The molecular formula is C18H18N2O5S. The molecule has 0 bridgehead atoms. The highest BCUT2D eigenvalue weighted by atomic mass is 32.2. The first-order valence-electron chi connectivity index (χ1n) is 8.01. The van der Waals surface area contributed by atoms with Crippen molar-refractivity contribution in [1.82, 2.24) is 0 Å². The molecule has 0 saturated carbocycles. The monoisotopic (exact) mass is 374 g/mol. The summed E-state index contributed by atoms with van der Waals surface area (Å²) in [4.78, 5) is 23.1. The summed E-state index contributed by atoms with van der Waals surface area (Å²) in [6.45, 7) is 1.69. The number of benzene rings is 2. The van der Waals surface area contributed by atoms with E-state index in [-0.39, 0.29) is 10.5 Å². The van der Waals surface area contributed by atoms with Crippen molar-refractivity contribution >= 4 is 27.6 Å². The van der Waals surface area contributed by atoms with E-state index in [9.17, 15) is 18.0 Å². The third kappa shape index (κ3) is 3.28. The molecule has 8 heteroatoms. The Morgan fingerprint density at radius 3 is 2.62 bits per heavy atom. The Bertz CT molecular complexity index is 971. The fourth-order valence-electron chi connectivity index (χ4n) is 2.76. The Morgan fingerprint density at radius 2 is 1.88 bits per heavy atom. The van der Waals surface area contributed by atoms with Crippen molar-refractivity contribution in [3.8, 4) is 0 Å². The first-order valence-corrected chi connectivity index (χ1v) is 9.45. The minimum Gasteiger partial charge on any atom is -0.449 e. The van der Waals surface area contributed by atoms with Crippen LogP contribution >= 0.6 is 0 Å². The van der Waals surface area contributed by atoms with Gasteiger partial charge in [0.2, 0.25) is 0 Å². The molecule has 1 aliphatic rings. The van der Waals surface area contributed by atoms with Crippen LogP contribution in [0.25, 0.3) is 0 Å². The van der Waals surface area contributed by atoms with Crippen LogP contribution in [-0.4, -0.2) is 32.9 Å². The van der Waals surface area contributed by atoms with Crippen LogP contribution in [0.3, 0.4) is 0 Å². The summed E-state index contributed by atoms with van der Waals surface area (Å²) in [6.07, 6.45) is -0.471. The highest BCUT2D eigenvalue weighted by molar-refractivity contribution is 7.92. The highest BCUT2D eigenvalue weighted by Crippen LogP contribution is 2.32. The van der Waals surface area contributed by atoms with Crippen molar-refractivity contribution in [2.24, 2.45) is 5.73 Å². The molecule has 0 unspecified atom stereocenters. The van der Waals surface area contributed by atoms with Gasteiger partial charge in [-0.1, -0.05) is 24.3 Å². The summed E-state index contributed by atoms with van der Waals surface area (Å²) in [6, 6.07) is 12.8. The van der Waals surface area contributed by atoms with Crippen LogP contribution in [0.2, 0.25) is 0 Å². The van der Waals surface area contributed by atoms with Gasteiger partial charge in [-0.25, -0.2) is 13.2 Å². The first-order chi connectivity index (χ1) is 12.3. The largest absolute Gasteiger partial charge is 0.449 e. The Labute approximate surface area is 151 Å². The summed E-state index contributed by atoms with van der Waals surface area (Å²) >= 11 is 0. The van der Waals surface area contributed by atoms with Gasteiger partial charge in [-0.2, -0.15) is 0 Å². The van der Waals surface area contributed by atoms with E-state index >= 15 is 0 Å². The second-order valence-corrected chi connectivity index (χ2v) is 7.80. The van der Waals surface area contributed by atoms with E-state index in [0.29, 0.717) is 18.7 Å². The molecule has 0 fully saturated rings. The van der Waals surface area contributed by atoms with Crippen LogP contribution in [0.5, 0.6) is 0 Å². The number of nitrogens with two attached hydrogens (primary N) is 1. The van der Waals surface area contributed by atoms with Gasteiger partial charge >= 0.3 is 5.97 Å². The number of esters is 1. The number of sulfonamides is 1. The summed E-state index contributed by atoms with van der Waals surface area (Å²) < 4.78 is 32.3. The average Bonchev–Trinajstić information content (AvgIpc) is 3.06. The average molecular weight is 374 g/mol. The molecule has 0 aliphatic carbocycles. The molecule has 2 N–H and O–H groups in total. The van der Waals surface area contributed by atoms with Crippen molar-refractivity contribution in [2.75, 3.05) is 10.8 Å². The molecule has 26 heavy (non-hydrogen) atoms. The summed E-state index contributed by atoms with van der Waals surface area (Å²) in [5.41, 5.74) is 6.71. The minimum absolute atomic E-state index is 0.0182. The number of amides is 1. The maximum atomic E-state index is 13.0. The molecule has 2 aromatic rings. The number of hydrogen-bond donors (Lipinski definition) is 1. The van der Waals surface area contributed by atoms with Gasteiger partial charge in [-0.15, -0.1) is 0 Å². The molecule has 1 amide bonds. The zero-order chi connectivity index (χ0) is 18.9. The van der Waals surface area contributed by atoms with E-state index in [1.54, 1.807) is 12.1 Å². The van der Waals surface area contributed by atoms with Crippen LogP contribution in [-0.2, 0) is 26.0 Å². The highest BCUT2D eigenvalue weighted by Gasteiger charge is 2.31. The Hall–Kier alpha value is -2.87. The predicted molar refractivity (Wildman–Crippen MR) is 95.2 cm³/mol. The van der Waals surface area contributed by atoms with E-state index in [1.165, 1.54) is 35.5 Å². The molecule has 0 saturated heterocycles. The maximum absolute atomic E-state index is 13.0. The number of carbonyl (C=O) groups is 2. The lowest BCUT2D eigenvalue weighted by Crippen LogP contribution is -2.31. The van der Waals surface area contributed by atoms with Gasteiger partial charge in [-0.05, 0) is 43.2 Å². The van der Waals surface area contributed by atoms with Gasteiger partial charge < -0.3 is 10.5 Å². The van der Waals surface area contributed by atoms with Gasteiger partial charge in [0.15, 0.2) is 6.10 Å². The lowest BCUT2D eigenvalue weighted by Gasteiger charge is -2.20. The molecule has 2 aromatic carbocycles. The quantitative estimate of drug-likeness (QED) is 0.798. The predicted octanol–water partition coefficient (Wildman–Crippen LogP) is 1.47. The Kier molecular flexibility index (Phi) is 4.69. The number of fused-ring (bicyclic) bond motifs is 1. The third-order valence-electron chi connectivity index (χ3n) is 4.19. The number of para-hydroxylation sites is 1. The molecule has 3 rings (SSSR count). The van der Waals surface area contributed by atoms with Crippen molar-refractivity contribution < 1.29 is 22.7 Å². The molecule has 1 atom stereocenters. The van der Waals surface area contributed by atoms with E-state index in [4.69, 9.17) is 10.5 Å². The summed E-state index contributed by atoms with van der Waals surface area (Å²) in [5, 5.41) is 0. The van der Waals surface area contributed by atoms with Crippen LogP contribution in [0.15, 0.2) is 53.4 Å². The molecule has 0 aromatic heterocycles. The Balaban J connectivity index is 1.90. The number of rotatable bonds is 5. The summed E-state index contributed by atoms with van der Waals surface area (Å²) in [7, 11) is -3.82. The molecule has 0 radical (unpaired) electrons. The van der Waals surface area contributed by atoms with Crippen LogP contribution in [0.4, 0.5) is 5.69 Å². The van der Waals surface area contributed by atoms with E-state index in [2.05, 4.69) is 0 Å². The molecule has 0 spiro atoms. The molecular weight excluding hydrogens is 356 g/mol. The minimum atomic E-state index is -3.82. The van der Waals surface area contributed by atoms with Crippen molar-refractivity contribution in [2.45, 2.75) is 24.3 Å². The normalized spacial score (nSPS) is 14.6. The lowest BCUT2D eigenvalue weighted by atomic mass is 10.2. The number of anilines is 1. The standard InChI is InChI=1S/C18H18N2O5S/c1-12(17(19)21)25-18(22)14-6-4-7-15(11-14)26(23,24)20-10-9-13-5-2-3-8-16(13)20/h2-8,11-12H,9-10H2,1H3,(H2,19,21)/t12-/m0/s1. The lowest BCUT2D eigenvalue weighted by molar-refractivity contribution is -0.125. The molecule has 1 heterocycles. The second-order valence-electron chi connectivity index (χ2n) is 5.93. The van der Waals surface area contributed by atoms with E-state index in [1.807, 2.05) is 12.1 Å². The zero-order valence-electron chi connectivity index (χ0n) is 14.1. The summed E-state index contributed by atoms with van der Waals surface area (Å²) in [5.74, 6) is -1.59. The smallest absolute Gasteiger partial charge is 0.338 e. The number of nitrogens with zero attached hydrogens (tertiary/aromatic N) is 1. The molecule has 136 valence electrons. The van der Waals surface area contributed by atoms with Crippen molar-refractivity contribution in [3.63, 3.8) is 0 Å². The number of primary amides is 1. The van der Waals surface area contributed by atoms with Gasteiger partial charge in [0, 0.05) is 6.54 Å². The van der Waals surface area contributed by atoms with Gasteiger partial charge in [0.1, 0.15) is 0 Å². The number of carbonyl (C=O) groups excluding carboxylic acids is 2. The van der Waals surface area contributed by atoms with E-state index < -0.39 is 28.0 Å². The SMILES string of the molecule is C[C@H](OC(=O)c1cccc(S(=O)(=O)N2CCc3ccccc32)c1)C(N)=O. The van der Waals surface area contributed by atoms with E-state index in [0.717, 1.165) is 5.56 Å². The second kappa shape index (κ2) is 6.80. The van der Waals surface area contributed by atoms with Crippen molar-refractivity contribution in [3.05, 3.63) is 59.7 Å². The third-order valence-corrected chi connectivity index (χ3v) is 6.00. The van der Waals surface area contributed by atoms with Gasteiger partial charge in [-0.3, -0.25) is 9.10 Å². The van der Waals surface area contributed by atoms with Crippen molar-refractivity contribution in [1.29, 1.82) is 0 Å². The molecule has 7 nitrogen and oxygen atoms in total. The fraction of sp³-hybridized carbons (Fsp3) is 0.222. The van der Waals surface area contributed by atoms with Crippen LogP contribution in [0, 0.1) is 0 Å². The number of hydrogen-bond acceptors (Lipinski definition) is 5. The molecule has 1 aliphatic heterocycles. The first kappa shape index (κ1) is 17.9. The Morgan fingerprint density at radius 1 is 1.15 bits per heavy atom. The van der Waals surface area contributed by atoms with Gasteiger partial charge in [0.05, 0.1) is 16.1 Å². The fourth-order valence-corrected chi connectivity index (χ4v) is 4.30. The topological polar surface area (TPSA) is 107 Å². The maximum Gasteiger partial charge on any atom is 0.338 e.